The summed E-state index contributed by atoms with van der Waals surface area (Å²) < 4.78 is 15.9. The van der Waals surface area contributed by atoms with Crippen LogP contribution in [0.2, 0.25) is 0 Å². The van der Waals surface area contributed by atoms with E-state index in [1.807, 2.05) is 12.1 Å². The number of aromatic nitrogens is 4. The Hall–Kier alpha value is -2.45. The first kappa shape index (κ1) is 17.9. The molecule has 0 bridgehead atoms. The minimum Gasteiger partial charge on any atom is -0.497 e. The highest BCUT2D eigenvalue weighted by atomic mass is 16.5. The molecule has 1 fully saturated rings. The van der Waals surface area contributed by atoms with E-state index in [9.17, 15) is 0 Å². The van der Waals surface area contributed by atoms with Gasteiger partial charge in [0.15, 0.2) is 5.82 Å². The Morgan fingerprint density at radius 2 is 2.26 bits per heavy atom. The molecule has 1 saturated heterocycles. The van der Waals surface area contributed by atoms with Crippen LogP contribution in [0.3, 0.4) is 0 Å². The number of likely N-dealkylation sites (tertiary alicyclic amines) is 1. The predicted octanol–water partition coefficient (Wildman–Crippen LogP) is 2.52. The second-order valence-corrected chi connectivity index (χ2v) is 6.95. The molecule has 1 N–H and O–H groups in total. The first-order valence-corrected chi connectivity index (χ1v) is 9.31. The summed E-state index contributed by atoms with van der Waals surface area (Å²) in [5.41, 5.74) is 2.05. The molecule has 1 aliphatic rings. The summed E-state index contributed by atoms with van der Waals surface area (Å²) in [4.78, 5) is 6.97. The fourth-order valence-corrected chi connectivity index (χ4v) is 3.65. The average Bonchev–Trinajstić information content (AvgIpc) is 3.33. The zero-order chi connectivity index (χ0) is 18.6. The molecule has 2 aromatic heterocycles. The molecule has 0 saturated carbocycles. The van der Waals surface area contributed by atoms with E-state index in [0.29, 0.717) is 13.0 Å². The van der Waals surface area contributed by atoms with Crippen LogP contribution in [-0.4, -0.2) is 59.2 Å². The fraction of sp³-hybridized carbons (Fsp3) is 0.526. The van der Waals surface area contributed by atoms with Crippen LogP contribution in [0, 0.1) is 0 Å². The van der Waals surface area contributed by atoms with Gasteiger partial charge in [0, 0.05) is 38.1 Å². The van der Waals surface area contributed by atoms with E-state index in [4.69, 9.17) is 14.0 Å². The van der Waals surface area contributed by atoms with E-state index in [-0.39, 0.29) is 5.92 Å². The van der Waals surface area contributed by atoms with E-state index >= 15 is 0 Å². The van der Waals surface area contributed by atoms with Crippen molar-refractivity contribution in [1.29, 1.82) is 0 Å². The van der Waals surface area contributed by atoms with Crippen LogP contribution in [0.4, 0.5) is 0 Å². The maximum absolute atomic E-state index is 5.50. The van der Waals surface area contributed by atoms with Crippen molar-refractivity contribution in [3.63, 3.8) is 0 Å². The van der Waals surface area contributed by atoms with Gasteiger partial charge in [-0.05, 0) is 31.5 Å². The Labute approximate surface area is 157 Å². The summed E-state index contributed by atoms with van der Waals surface area (Å²) in [5.74, 6) is 2.55. The van der Waals surface area contributed by atoms with Crippen LogP contribution in [-0.2, 0) is 17.7 Å². The topological polar surface area (TPSA) is 89.3 Å². The van der Waals surface area contributed by atoms with Gasteiger partial charge in [-0.25, -0.2) is 0 Å². The lowest BCUT2D eigenvalue weighted by atomic mass is 9.97. The van der Waals surface area contributed by atoms with Crippen LogP contribution >= 0.6 is 0 Å². The third kappa shape index (κ3) is 3.96. The van der Waals surface area contributed by atoms with Crippen LogP contribution < -0.4 is 4.74 Å². The number of fused-ring (bicyclic) bond motifs is 1. The Bertz CT molecular complexity index is 890. The summed E-state index contributed by atoms with van der Waals surface area (Å²) >= 11 is 0. The second-order valence-electron chi connectivity index (χ2n) is 6.95. The number of nitrogens with one attached hydrogen (secondary N) is 1. The summed E-state index contributed by atoms with van der Waals surface area (Å²) in [5, 5.41) is 12.8. The minimum atomic E-state index is 0.275. The highest BCUT2D eigenvalue weighted by molar-refractivity contribution is 5.82. The number of piperidine rings is 1. The van der Waals surface area contributed by atoms with E-state index in [0.717, 1.165) is 66.5 Å². The molecule has 1 aliphatic heterocycles. The van der Waals surface area contributed by atoms with Gasteiger partial charge in [-0.3, -0.25) is 10.00 Å². The van der Waals surface area contributed by atoms with Crippen molar-refractivity contribution in [2.75, 3.05) is 33.9 Å². The second kappa shape index (κ2) is 8.06. The molecule has 8 nitrogen and oxygen atoms in total. The van der Waals surface area contributed by atoms with E-state index in [1.54, 1.807) is 14.2 Å². The smallest absolute Gasteiger partial charge is 0.231 e. The van der Waals surface area contributed by atoms with Crippen molar-refractivity contribution in [2.45, 2.75) is 31.7 Å². The Kier molecular flexibility index (Phi) is 5.35. The molecule has 27 heavy (non-hydrogen) atoms. The van der Waals surface area contributed by atoms with Crippen molar-refractivity contribution >= 4 is 10.9 Å². The Balaban J connectivity index is 1.43. The molecule has 4 rings (SSSR count). The lowest BCUT2D eigenvalue weighted by Gasteiger charge is -2.30. The van der Waals surface area contributed by atoms with Crippen molar-refractivity contribution in [2.24, 2.45) is 0 Å². The number of ether oxygens (including phenoxy) is 2. The van der Waals surface area contributed by atoms with Gasteiger partial charge in [-0.2, -0.15) is 10.1 Å². The van der Waals surface area contributed by atoms with Gasteiger partial charge < -0.3 is 14.0 Å². The molecule has 1 aromatic carbocycles. The lowest BCUT2D eigenvalue weighted by Crippen LogP contribution is -2.34. The van der Waals surface area contributed by atoms with Gasteiger partial charge in [0.25, 0.3) is 0 Å². The summed E-state index contributed by atoms with van der Waals surface area (Å²) in [6.45, 7) is 3.39. The number of rotatable bonds is 7. The Morgan fingerprint density at radius 1 is 1.33 bits per heavy atom. The summed E-state index contributed by atoms with van der Waals surface area (Å²) in [7, 11) is 3.34. The average molecular weight is 371 g/mol. The fourth-order valence-electron chi connectivity index (χ4n) is 3.65. The molecule has 0 radical (unpaired) electrons. The number of methoxy groups -OCH3 is 2. The van der Waals surface area contributed by atoms with E-state index < -0.39 is 0 Å². The largest absolute Gasteiger partial charge is 0.497 e. The van der Waals surface area contributed by atoms with Crippen LogP contribution in [0.25, 0.3) is 10.9 Å². The summed E-state index contributed by atoms with van der Waals surface area (Å²) in [6.07, 6.45) is 2.86. The number of H-pyrrole nitrogens is 1. The number of benzene rings is 1. The third-order valence-electron chi connectivity index (χ3n) is 5.09. The quantitative estimate of drug-likeness (QED) is 0.682. The Morgan fingerprint density at radius 3 is 3.11 bits per heavy atom. The monoisotopic (exact) mass is 371 g/mol. The molecular formula is C19H25N5O3. The van der Waals surface area contributed by atoms with Gasteiger partial charge >= 0.3 is 0 Å². The van der Waals surface area contributed by atoms with E-state index in [2.05, 4.69) is 31.3 Å². The normalized spacial score (nSPS) is 18.2. The van der Waals surface area contributed by atoms with Crippen molar-refractivity contribution in [3.8, 4) is 5.75 Å². The van der Waals surface area contributed by atoms with E-state index in [1.165, 1.54) is 0 Å². The zero-order valence-electron chi connectivity index (χ0n) is 15.8. The van der Waals surface area contributed by atoms with Crippen LogP contribution in [0.15, 0.2) is 22.7 Å². The van der Waals surface area contributed by atoms with Gasteiger partial charge in [0.1, 0.15) is 5.75 Å². The first-order valence-electron chi connectivity index (χ1n) is 9.31. The summed E-state index contributed by atoms with van der Waals surface area (Å²) in [6, 6.07) is 5.99. The number of hydrogen-bond donors (Lipinski definition) is 1. The van der Waals surface area contributed by atoms with Crippen LogP contribution in [0.5, 0.6) is 5.75 Å². The molecule has 0 unspecified atom stereocenters. The number of nitrogens with zero attached hydrogens (tertiary/aromatic N) is 4. The third-order valence-corrected chi connectivity index (χ3v) is 5.09. The van der Waals surface area contributed by atoms with Gasteiger partial charge in [0.2, 0.25) is 5.89 Å². The van der Waals surface area contributed by atoms with Crippen LogP contribution in [0.1, 0.15) is 36.2 Å². The zero-order valence-corrected chi connectivity index (χ0v) is 15.8. The lowest BCUT2D eigenvalue weighted by molar-refractivity contribution is 0.179. The van der Waals surface area contributed by atoms with Crippen molar-refractivity contribution < 1.29 is 14.0 Å². The molecule has 0 spiro atoms. The maximum atomic E-state index is 5.50. The van der Waals surface area contributed by atoms with Gasteiger partial charge in [-0.15, -0.1) is 0 Å². The number of hydrogen-bond acceptors (Lipinski definition) is 7. The highest BCUT2D eigenvalue weighted by Gasteiger charge is 2.26. The van der Waals surface area contributed by atoms with Gasteiger partial charge in [0.05, 0.1) is 30.8 Å². The molecule has 8 heteroatoms. The molecule has 1 atom stereocenters. The first-order chi connectivity index (χ1) is 13.3. The molecule has 0 aliphatic carbocycles. The maximum Gasteiger partial charge on any atom is 0.231 e. The molecule has 144 valence electrons. The molecule has 0 amide bonds. The molecule has 3 aromatic rings. The van der Waals surface area contributed by atoms with Crippen molar-refractivity contribution in [3.05, 3.63) is 35.6 Å². The van der Waals surface area contributed by atoms with Crippen molar-refractivity contribution in [1.82, 2.24) is 25.2 Å². The number of aromatic amines is 1. The minimum absolute atomic E-state index is 0.275. The highest BCUT2D eigenvalue weighted by Crippen LogP contribution is 2.28. The predicted molar refractivity (Wildman–Crippen MR) is 99.8 cm³/mol. The standard InChI is InChI=1S/C19H25N5O3/c1-25-9-7-18-20-19(27-23-18)13-4-3-8-24(11-13)12-17-15-6-5-14(26-2)10-16(15)21-22-17/h5-6,10,13H,3-4,7-9,11-12H2,1-2H3,(H,21,22)/t13-/m1/s1. The molecule has 3 heterocycles. The molecular weight excluding hydrogens is 346 g/mol. The van der Waals surface area contributed by atoms with Gasteiger partial charge in [-0.1, -0.05) is 5.16 Å². The SMILES string of the molecule is COCCc1noc([C@@H]2CCCN(Cc3[nH]nc4cc(OC)ccc34)C2)n1.